The van der Waals surface area contributed by atoms with E-state index in [0.29, 0.717) is 5.92 Å². The van der Waals surface area contributed by atoms with Crippen LogP contribution in [0.4, 0.5) is 0 Å². The number of aliphatic carboxylic acids is 1. The summed E-state index contributed by atoms with van der Waals surface area (Å²) < 4.78 is 0. The summed E-state index contributed by atoms with van der Waals surface area (Å²) in [6, 6.07) is 8.00. The van der Waals surface area contributed by atoms with Crippen molar-refractivity contribution >= 4 is 5.97 Å². The first-order valence-corrected chi connectivity index (χ1v) is 6.86. The van der Waals surface area contributed by atoms with Crippen LogP contribution in [0, 0.1) is 5.92 Å². The molecular formula is C16H25NO2. The normalized spacial score (nSPS) is 14.7. The topological polar surface area (TPSA) is 49.3 Å². The van der Waals surface area contributed by atoms with Crippen molar-refractivity contribution in [2.45, 2.75) is 52.6 Å². The Morgan fingerprint density at radius 1 is 1.21 bits per heavy atom. The van der Waals surface area contributed by atoms with Gasteiger partial charge in [0.25, 0.3) is 0 Å². The second-order valence-electron chi connectivity index (χ2n) is 6.02. The molecule has 0 aliphatic heterocycles. The van der Waals surface area contributed by atoms with Crippen molar-refractivity contribution in [1.29, 1.82) is 0 Å². The van der Waals surface area contributed by atoms with Gasteiger partial charge in [-0.1, -0.05) is 38.1 Å². The van der Waals surface area contributed by atoms with Gasteiger partial charge in [-0.05, 0) is 44.2 Å². The lowest BCUT2D eigenvalue weighted by atomic mass is 9.89. The van der Waals surface area contributed by atoms with Crippen LogP contribution in [0.5, 0.6) is 0 Å². The van der Waals surface area contributed by atoms with Crippen molar-refractivity contribution in [2.24, 2.45) is 5.92 Å². The van der Waals surface area contributed by atoms with Gasteiger partial charge in [-0.3, -0.25) is 5.32 Å². The van der Waals surface area contributed by atoms with Crippen molar-refractivity contribution in [1.82, 2.24) is 5.32 Å². The number of hydrogen-bond acceptors (Lipinski definition) is 2. The van der Waals surface area contributed by atoms with E-state index in [1.165, 1.54) is 5.56 Å². The van der Waals surface area contributed by atoms with Crippen LogP contribution in [-0.2, 0) is 16.8 Å². The molecule has 1 unspecified atom stereocenters. The van der Waals surface area contributed by atoms with E-state index in [-0.39, 0.29) is 6.04 Å². The highest BCUT2D eigenvalue weighted by molar-refractivity contribution is 5.80. The van der Waals surface area contributed by atoms with E-state index in [2.05, 4.69) is 19.2 Å². The lowest BCUT2D eigenvalue weighted by molar-refractivity contribution is -0.144. The van der Waals surface area contributed by atoms with Gasteiger partial charge in [0.15, 0.2) is 0 Å². The van der Waals surface area contributed by atoms with Crippen LogP contribution in [-0.4, -0.2) is 17.1 Å². The molecule has 1 aromatic carbocycles. The van der Waals surface area contributed by atoms with Crippen molar-refractivity contribution in [3.8, 4) is 0 Å². The Balaban J connectivity index is 3.01. The maximum atomic E-state index is 11.6. The average Bonchev–Trinajstić information content (AvgIpc) is 2.27. The van der Waals surface area contributed by atoms with Gasteiger partial charge in [0.2, 0.25) is 0 Å². The molecule has 0 heterocycles. The smallest absolute Gasteiger partial charge is 0.328 e. The molecule has 0 bridgehead atoms. The summed E-state index contributed by atoms with van der Waals surface area (Å²) in [6.07, 6.45) is 1.02. The number of nitrogens with one attached hydrogen (secondary N) is 1. The summed E-state index contributed by atoms with van der Waals surface area (Å²) in [6.45, 7) is 9.97. The summed E-state index contributed by atoms with van der Waals surface area (Å²) in [4.78, 5) is 11.6. The molecule has 1 rings (SSSR count). The highest BCUT2D eigenvalue weighted by atomic mass is 16.4. The first-order valence-electron chi connectivity index (χ1n) is 6.86. The summed E-state index contributed by atoms with van der Waals surface area (Å²) in [5.74, 6) is -0.247. The summed E-state index contributed by atoms with van der Waals surface area (Å²) in [7, 11) is 0. The molecule has 1 atom stereocenters. The molecule has 19 heavy (non-hydrogen) atoms. The fourth-order valence-electron chi connectivity index (χ4n) is 2.29. The second-order valence-corrected chi connectivity index (χ2v) is 6.02. The zero-order valence-electron chi connectivity index (χ0n) is 12.5. The predicted octanol–water partition coefficient (Wildman–Crippen LogP) is 3.18. The molecule has 0 radical (unpaired) electrons. The van der Waals surface area contributed by atoms with Gasteiger partial charge in [0.1, 0.15) is 5.54 Å². The molecular weight excluding hydrogens is 238 g/mol. The minimum Gasteiger partial charge on any atom is -0.480 e. The highest BCUT2D eigenvalue weighted by Crippen LogP contribution is 2.23. The highest BCUT2D eigenvalue weighted by Gasteiger charge is 2.35. The molecule has 106 valence electrons. The van der Waals surface area contributed by atoms with Gasteiger partial charge in [0.05, 0.1) is 0 Å². The zero-order valence-corrected chi connectivity index (χ0v) is 12.5. The quantitative estimate of drug-likeness (QED) is 0.828. The lowest BCUT2D eigenvalue weighted by Crippen LogP contribution is -2.49. The van der Waals surface area contributed by atoms with E-state index in [1.807, 2.05) is 38.1 Å². The van der Waals surface area contributed by atoms with Crippen molar-refractivity contribution in [2.75, 3.05) is 0 Å². The Labute approximate surface area is 116 Å². The van der Waals surface area contributed by atoms with Crippen LogP contribution in [0.3, 0.4) is 0 Å². The number of benzene rings is 1. The zero-order chi connectivity index (χ0) is 14.6. The minimum atomic E-state index is -1.04. The number of carboxylic acids is 1. The Kier molecular flexibility index (Phi) is 5.12. The third-order valence-electron chi connectivity index (χ3n) is 3.18. The first-order chi connectivity index (χ1) is 8.75. The Morgan fingerprint density at radius 2 is 1.74 bits per heavy atom. The molecule has 1 aromatic rings. The standard InChI is InChI=1S/C16H25NO2/c1-11(2)10-13-6-8-14(9-7-13)16(5,15(18)19)17-12(3)4/h6-9,11-12,17H,10H2,1-5H3,(H,18,19). The van der Waals surface area contributed by atoms with E-state index < -0.39 is 11.5 Å². The van der Waals surface area contributed by atoms with Crippen LogP contribution in [0.2, 0.25) is 0 Å². The van der Waals surface area contributed by atoms with Crippen LogP contribution in [0.25, 0.3) is 0 Å². The van der Waals surface area contributed by atoms with Gasteiger partial charge in [-0.15, -0.1) is 0 Å². The molecule has 0 amide bonds. The van der Waals surface area contributed by atoms with Crippen LogP contribution in [0.1, 0.15) is 45.7 Å². The third-order valence-corrected chi connectivity index (χ3v) is 3.18. The Bertz CT molecular complexity index is 423. The lowest BCUT2D eigenvalue weighted by Gasteiger charge is -2.29. The van der Waals surface area contributed by atoms with E-state index in [4.69, 9.17) is 0 Å². The van der Waals surface area contributed by atoms with Gasteiger partial charge in [-0.2, -0.15) is 0 Å². The van der Waals surface area contributed by atoms with Crippen molar-refractivity contribution in [3.05, 3.63) is 35.4 Å². The molecule has 0 aliphatic carbocycles. The van der Waals surface area contributed by atoms with Crippen molar-refractivity contribution < 1.29 is 9.90 Å². The number of carbonyl (C=O) groups is 1. The largest absolute Gasteiger partial charge is 0.480 e. The second kappa shape index (κ2) is 6.20. The van der Waals surface area contributed by atoms with E-state index in [0.717, 1.165) is 12.0 Å². The molecule has 3 heteroatoms. The molecule has 0 fully saturated rings. The summed E-state index contributed by atoms with van der Waals surface area (Å²) in [5, 5.41) is 12.6. The number of rotatable bonds is 6. The molecule has 0 aliphatic rings. The van der Waals surface area contributed by atoms with E-state index >= 15 is 0 Å². The maximum absolute atomic E-state index is 11.6. The van der Waals surface area contributed by atoms with Crippen molar-refractivity contribution in [3.63, 3.8) is 0 Å². The van der Waals surface area contributed by atoms with Gasteiger partial charge in [-0.25, -0.2) is 4.79 Å². The summed E-state index contributed by atoms with van der Waals surface area (Å²) in [5.41, 5.74) is 1.00. The van der Waals surface area contributed by atoms with E-state index in [1.54, 1.807) is 6.92 Å². The number of hydrogen-bond donors (Lipinski definition) is 2. The maximum Gasteiger partial charge on any atom is 0.328 e. The van der Waals surface area contributed by atoms with Gasteiger partial charge in [0, 0.05) is 6.04 Å². The molecule has 3 nitrogen and oxygen atoms in total. The molecule has 0 saturated carbocycles. The molecule has 0 spiro atoms. The Morgan fingerprint density at radius 3 is 2.11 bits per heavy atom. The molecule has 0 aromatic heterocycles. The fourth-order valence-corrected chi connectivity index (χ4v) is 2.29. The minimum absolute atomic E-state index is 0.108. The third kappa shape index (κ3) is 4.06. The number of carboxylic acid groups (broad SMARTS) is 1. The average molecular weight is 263 g/mol. The summed E-state index contributed by atoms with van der Waals surface area (Å²) >= 11 is 0. The predicted molar refractivity (Wildman–Crippen MR) is 78.2 cm³/mol. The first kappa shape index (κ1) is 15.7. The monoisotopic (exact) mass is 263 g/mol. The van der Waals surface area contributed by atoms with Crippen LogP contribution in [0.15, 0.2) is 24.3 Å². The van der Waals surface area contributed by atoms with Crippen LogP contribution >= 0.6 is 0 Å². The SMILES string of the molecule is CC(C)Cc1ccc(C(C)(NC(C)C)C(=O)O)cc1. The van der Waals surface area contributed by atoms with E-state index in [9.17, 15) is 9.90 Å². The Hall–Kier alpha value is -1.35. The molecule has 2 N–H and O–H groups in total. The fraction of sp³-hybridized carbons (Fsp3) is 0.562. The van der Waals surface area contributed by atoms with Gasteiger partial charge >= 0.3 is 5.97 Å². The molecule has 0 saturated heterocycles. The van der Waals surface area contributed by atoms with Gasteiger partial charge < -0.3 is 5.11 Å². The van der Waals surface area contributed by atoms with Crippen LogP contribution < -0.4 is 5.32 Å².